The van der Waals surface area contributed by atoms with Gasteiger partial charge in [-0.25, -0.2) is 0 Å². The highest BCUT2D eigenvalue weighted by Crippen LogP contribution is 2.44. The minimum Gasteiger partial charge on any atom is -0.491 e. The third kappa shape index (κ3) is 5.17. The van der Waals surface area contributed by atoms with Crippen LogP contribution in [0.5, 0.6) is 5.75 Å². The Labute approximate surface area is 223 Å². The molecule has 6 nitrogen and oxygen atoms in total. The quantitative estimate of drug-likeness (QED) is 0.282. The number of allylic oxidation sites excluding steroid dienone is 1. The first kappa shape index (κ1) is 25.9. The molecule has 0 radical (unpaired) electrons. The van der Waals surface area contributed by atoms with E-state index in [1.165, 1.54) is 18.9 Å². The van der Waals surface area contributed by atoms with Crippen LogP contribution in [0.15, 0.2) is 65.2 Å². The van der Waals surface area contributed by atoms with Crippen molar-refractivity contribution in [2.45, 2.75) is 18.6 Å². The van der Waals surface area contributed by atoms with Crippen LogP contribution in [0.2, 0.25) is 10.0 Å². The Bertz CT molecular complexity index is 1390. The van der Waals surface area contributed by atoms with Crippen LogP contribution in [-0.2, 0) is 20.1 Å². The van der Waals surface area contributed by atoms with Crippen LogP contribution in [0.3, 0.4) is 0 Å². The van der Waals surface area contributed by atoms with Gasteiger partial charge in [0.15, 0.2) is 5.75 Å². The van der Waals surface area contributed by atoms with Crippen molar-refractivity contribution in [3.8, 4) is 11.8 Å². The predicted molar refractivity (Wildman–Crippen MR) is 142 cm³/mol. The second-order valence-electron chi connectivity index (χ2n) is 8.04. The zero-order valence-corrected chi connectivity index (χ0v) is 21.8. The molecule has 0 saturated heterocycles. The van der Waals surface area contributed by atoms with E-state index in [9.17, 15) is 14.9 Å². The fourth-order valence-corrected chi connectivity index (χ4v) is 5.81. The molecule has 0 unspecified atom stereocenters. The number of hydrogen-bond donors (Lipinski definition) is 1. The lowest BCUT2D eigenvalue weighted by molar-refractivity contribution is -0.150. The summed E-state index contributed by atoms with van der Waals surface area (Å²) in [7, 11) is 1.20. The molecular formula is C27H22Cl2N2O4S. The maximum absolute atomic E-state index is 13.1. The van der Waals surface area contributed by atoms with E-state index in [1.807, 2.05) is 36.4 Å². The van der Waals surface area contributed by atoms with Gasteiger partial charge in [-0.2, -0.15) is 5.26 Å². The van der Waals surface area contributed by atoms with Gasteiger partial charge in [-0.15, -0.1) is 11.8 Å². The molecule has 0 spiro atoms. The molecule has 0 aliphatic carbocycles. The van der Waals surface area contributed by atoms with Gasteiger partial charge < -0.3 is 14.8 Å². The van der Waals surface area contributed by atoms with Crippen LogP contribution in [0.1, 0.15) is 24.0 Å². The van der Waals surface area contributed by atoms with Crippen molar-refractivity contribution < 1.29 is 19.1 Å². The van der Waals surface area contributed by atoms with E-state index in [-0.39, 0.29) is 15.6 Å². The Balaban J connectivity index is 1.75. The molecule has 9 heteroatoms. The van der Waals surface area contributed by atoms with Gasteiger partial charge >= 0.3 is 5.97 Å². The molecule has 3 aromatic rings. The Hall–Kier alpha value is -3.18. The van der Waals surface area contributed by atoms with E-state index in [0.29, 0.717) is 28.7 Å². The molecule has 1 heterocycles. The van der Waals surface area contributed by atoms with Crippen LogP contribution >= 0.6 is 35.0 Å². The number of benzene rings is 3. The van der Waals surface area contributed by atoms with Gasteiger partial charge in [0.2, 0.25) is 5.91 Å². The number of esters is 1. The summed E-state index contributed by atoms with van der Waals surface area (Å²) in [5.74, 6) is -2.72. The zero-order chi connectivity index (χ0) is 25.8. The highest BCUT2D eigenvalue weighted by Gasteiger charge is 2.44. The van der Waals surface area contributed by atoms with E-state index in [4.69, 9.17) is 32.7 Å². The number of nitriles is 1. The fourth-order valence-electron chi connectivity index (χ4n) is 4.20. The lowest BCUT2D eigenvalue weighted by atomic mass is 9.78. The summed E-state index contributed by atoms with van der Waals surface area (Å²) >= 11 is 14.1. The van der Waals surface area contributed by atoms with Crippen LogP contribution in [0, 0.1) is 17.2 Å². The lowest BCUT2D eigenvalue weighted by Gasteiger charge is -2.31. The lowest BCUT2D eigenvalue weighted by Crippen LogP contribution is -2.44. The molecule has 3 aromatic carbocycles. The van der Waals surface area contributed by atoms with E-state index in [1.54, 1.807) is 19.1 Å². The minimum atomic E-state index is -1.28. The van der Waals surface area contributed by atoms with Crippen molar-refractivity contribution in [3.63, 3.8) is 0 Å². The molecule has 0 saturated carbocycles. The molecule has 0 bridgehead atoms. The van der Waals surface area contributed by atoms with Crippen molar-refractivity contribution in [3.05, 3.63) is 86.4 Å². The number of ether oxygens (including phenoxy) is 2. The third-order valence-corrected chi connectivity index (χ3v) is 7.50. The van der Waals surface area contributed by atoms with Gasteiger partial charge in [-0.3, -0.25) is 9.59 Å². The molecule has 36 heavy (non-hydrogen) atoms. The van der Waals surface area contributed by atoms with Crippen molar-refractivity contribution in [1.29, 1.82) is 5.26 Å². The van der Waals surface area contributed by atoms with Gasteiger partial charge in [0, 0.05) is 11.7 Å². The average molecular weight is 541 g/mol. The molecule has 2 atom stereocenters. The Kier molecular flexibility index (Phi) is 8.10. The second-order valence-corrected chi connectivity index (χ2v) is 9.84. The van der Waals surface area contributed by atoms with Crippen LogP contribution < -0.4 is 10.1 Å². The predicted octanol–water partition coefficient (Wildman–Crippen LogP) is 6.22. The summed E-state index contributed by atoms with van der Waals surface area (Å²) in [5.41, 5.74) is 1.70. The number of nitrogens with zero attached hydrogens (tertiary/aromatic N) is 1. The van der Waals surface area contributed by atoms with Crippen LogP contribution in [-0.4, -0.2) is 25.6 Å². The van der Waals surface area contributed by atoms with Gasteiger partial charge in [-0.05, 0) is 41.0 Å². The summed E-state index contributed by atoms with van der Waals surface area (Å²) in [6.45, 7) is 2.16. The number of carbonyl (C=O) groups is 2. The summed E-state index contributed by atoms with van der Waals surface area (Å²) in [4.78, 5) is 25.8. The van der Waals surface area contributed by atoms with Crippen LogP contribution in [0.4, 0.5) is 0 Å². The first-order valence-electron chi connectivity index (χ1n) is 11.1. The number of methoxy groups -OCH3 is 1. The molecule has 184 valence electrons. The number of thioether (sulfide) groups is 1. The van der Waals surface area contributed by atoms with Crippen molar-refractivity contribution in [2.75, 3.05) is 13.7 Å². The summed E-state index contributed by atoms with van der Waals surface area (Å²) in [5, 5.41) is 15.9. The molecule has 1 amide bonds. The van der Waals surface area contributed by atoms with Gasteiger partial charge in [0.05, 0.1) is 40.4 Å². The first-order valence-corrected chi connectivity index (χ1v) is 12.9. The summed E-state index contributed by atoms with van der Waals surface area (Å²) in [6, 6.07) is 19.5. The van der Waals surface area contributed by atoms with Crippen LogP contribution in [0.25, 0.3) is 10.8 Å². The normalized spacial score (nSPS) is 17.5. The Morgan fingerprint density at radius 3 is 2.44 bits per heavy atom. The summed E-state index contributed by atoms with van der Waals surface area (Å²) in [6.07, 6.45) is 0. The zero-order valence-electron chi connectivity index (χ0n) is 19.5. The summed E-state index contributed by atoms with van der Waals surface area (Å²) < 4.78 is 10.4. The minimum absolute atomic E-state index is 0.219. The maximum Gasteiger partial charge on any atom is 0.319 e. The maximum atomic E-state index is 13.1. The highest BCUT2D eigenvalue weighted by atomic mass is 35.5. The van der Waals surface area contributed by atoms with Crippen molar-refractivity contribution in [1.82, 2.24) is 5.32 Å². The number of hydrogen-bond acceptors (Lipinski definition) is 6. The third-order valence-electron chi connectivity index (χ3n) is 5.85. The molecule has 0 aromatic heterocycles. The number of fused-ring (bicyclic) bond motifs is 1. The Morgan fingerprint density at radius 2 is 1.81 bits per heavy atom. The van der Waals surface area contributed by atoms with Gasteiger partial charge in [0.25, 0.3) is 0 Å². The second kappa shape index (κ2) is 11.3. The topological polar surface area (TPSA) is 88.4 Å². The monoisotopic (exact) mass is 540 g/mol. The molecule has 1 N–H and O–H groups in total. The molecular weight excluding hydrogens is 519 g/mol. The van der Waals surface area contributed by atoms with Crippen molar-refractivity contribution in [2.24, 2.45) is 5.92 Å². The number of nitrogens with one attached hydrogen (secondary N) is 1. The van der Waals surface area contributed by atoms with E-state index in [2.05, 4.69) is 17.5 Å². The van der Waals surface area contributed by atoms with Gasteiger partial charge in [0.1, 0.15) is 5.92 Å². The smallest absolute Gasteiger partial charge is 0.319 e. The Morgan fingerprint density at radius 1 is 1.11 bits per heavy atom. The molecule has 1 aliphatic heterocycles. The standard InChI is InChI=1S/C27H22Cl2N2O4S/c1-3-35-24-20(28)11-18(12-21(24)29)22-19(13-30)26(31-25(32)23(22)27(33)34-2)36-14-15-8-9-16-6-4-5-7-17(16)10-15/h4-12,22-23H,3,14H2,1-2H3,(H,31,32)/t22-,23-/m0/s1. The first-order chi connectivity index (χ1) is 17.4. The largest absolute Gasteiger partial charge is 0.491 e. The number of rotatable bonds is 7. The molecule has 1 aliphatic rings. The van der Waals surface area contributed by atoms with Crippen molar-refractivity contribution >= 4 is 57.6 Å². The van der Waals surface area contributed by atoms with E-state index in [0.717, 1.165) is 16.3 Å². The van der Waals surface area contributed by atoms with E-state index >= 15 is 0 Å². The van der Waals surface area contributed by atoms with Gasteiger partial charge in [-0.1, -0.05) is 65.7 Å². The number of amides is 1. The number of carbonyl (C=O) groups excluding carboxylic acids is 2. The van der Waals surface area contributed by atoms with E-state index < -0.39 is 23.7 Å². The SMILES string of the molecule is CCOc1c(Cl)cc([C@H]2C(C#N)=C(SCc3ccc4ccccc4c3)NC(=O)[C@H]2C(=O)OC)cc1Cl. The highest BCUT2D eigenvalue weighted by molar-refractivity contribution is 8.02. The molecule has 4 rings (SSSR count). The molecule has 0 fully saturated rings. The fraction of sp³-hybridized carbons (Fsp3) is 0.222. The number of halogens is 2. The average Bonchev–Trinajstić information content (AvgIpc) is 2.88.